The summed E-state index contributed by atoms with van der Waals surface area (Å²) in [6.45, 7) is -0.130. The molecule has 1 fully saturated rings. The summed E-state index contributed by atoms with van der Waals surface area (Å²) in [5.41, 5.74) is 6.97. The van der Waals surface area contributed by atoms with Crippen LogP contribution in [-0.4, -0.2) is 87.3 Å². The molecule has 1 heterocycles. The van der Waals surface area contributed by atoms with Crippen LogP contribution >= 0.6 is 0 Å². The minimum atomic E-state index is -1.57. The number of hydrogen-bond donors (Lipinski definition) is 7. The number of carbonyl (C=O) groups excluding carboxylic acids is 1. The van der Waals surface area contributed by atoms with Gasteiger partial charge >= 0.3 is 5.97 Å². The Morgan fingerprint density at radius 2 is 1.69 bits per heavy atom. The van der Waals surface area contributed by atoms with Crippen molar-refractivity contribution in [3.63, 3.8) is 0 Å². The zero-order valence-corrected chi connectivity index (χ0v) is 19.6. The second kappa shape index (κ2) is 12.8. The molecule has 11 heteroatoms. The van der Waals surface area contributed by atoms with Gasteiger partial charge in [0.2, 0.25) is 6.29 Å². The summed E-state index contributed by atoms with van der Waals surface area (Å²) >= 11 is 0. The highest BCUT2D eigenvalue weighted by atomic mass is 16.7. The van der Waals surface area contributed by atoms with Crippen LogP contribution in [0, 0.1) is 0 Å². The minimum absolute atomic E-state index is 0.274. The van der Waals surface area contributed by atoms with E-state index in [1.807, 2.05) is 0 Å². The average molecular weight is 505 g/mol. The molecule has 196 valence electrons. The van der Waals surface area contributed by atoms with Crippen molar-refractivity contribution in [1.82, 2.24) is 5.32 Å². The van der Waals surface area contributed by atoms with Crippen molar-refractivity contribution < 1.29 is 44.6 Å². The lowest BCUT2D eigenvalue weighted by Crippen LogP contribution is -2.60. The van der Waals surface area contributed by atoms with E-state index in [0.717, 1.165) is 0 Å². The third kappa shape index (κ3) is 6.58. The number of aliphatic carboxylic acids is 1. The van der Waals surface area contributed by atoms with Crippen LogP contribution in [0.15, 0.2) is 48.5 Å². The fraction of sp³-hybridized carbons (Fsp3) is 0.440. The van der Waals surface area contributed by atoms with Gasteiger partial charge in [-0.15, -0.1) is 0 Å². The van der Waals surface area contributed by atoms with E-state index in [2.05, 4.69) is 5.32 Å². The zero-order valence-electron chi connectivity index (χ0n) is 19.6. The Bertz CT molecular complexity index is 1010. The third-order valence-corrected chi connectivity index (χ3v) is 5.99. The quantitative estimate of drug-likeness (QED) is 0.202. The Morgan fingerprint density at radius 1 is 1.00 bits per heavy atom. The maximum Gasteiger partial charge on any atom is 0.326 e. The summed E-state index contributed by atoms with van der Waals surface area (Å²) in [4.78, 5) is 24.1. The molecule has 8 N–H and O–H groups in total. The van der Waals surface area contributed by atoms with Gasteiger partial charge in [0.1, 0.15) is 36.2 Å². The first-order chi connectivity index (χ1) is 17.3. The largest absolute Gasteiger partial charge is 0.480 e. The van der Waals surface area contributed by atoms with Crippen LogP contribution in [-0.2, 0) is 9.53 Å². The van der Waals surface area contributed by atoms with Gasteiger partial charge in [-0.3, -0.25) is 4.79 Å². The van der Waals surface area contributed by atoms with Crippen molar-refractivity contribution in [2.75, 3.05) is 13.2 Å². The summed E-state index contributed by atoms with van der Waals surface area (Å²) in [6.07, 6.45) is -5.57. The van der Waals surface area contributed by atoms with Gasteiger partial charge in [0.15, 0.2) is 0 Å². The number of rotatable bonds is 11. The topological polar surface area (TPSA) is 192 Å². The molecule has 3 rings (SSSR count). The molecule has 0 aromatic heterocycles. The number of nitrogens with two attached hydrogens (primary N) is 1. The number of carboxylic acid groups (broad SMARTS) is 1. The number of para-hydroxylation sites is 1. The molecule has 1 saturated heterocycles. The van der Waals surface area contributed by atoms with Gasteiger partial charge < -0.3 is 46.1 Å². The van der Waals surface area contributed by atoms with E-state index in [1.165, 1.54) is 0 Å². The molecule has 0 aliphatic carbocycles. The van der Waals surface area contributed by atoms with E-state index in [-0.39, 0.29) is 12.0 Å². The molecular weight excluding hydrogens is 472 g/mol. The van der Waals surface area contributed by atoms with Crippen LogP contribution in [0.25, 0.3) is 11.1 Å². The molecule has 1 aliphatic rings. The van der Waals surface area contributed by atoms with Crippen molar-refractivity contribution in [3.8, 4) is 16.9 Å². The maximum atomic E-state index is 12.6. The standard InChI is InChI=1S/C25H32N2O9/c26-12-4-3-6-17(24(33)34)27-23(32)15-10-8-14(9-11-15)16-5-1-2-7-18(16)35-25-22(31)21(30)20(29)19(13-28)36-25/h1-2,5,7-11,17,19-22,25,28-31H,3-4,6,12-13,26H2,(H,27,32)(H,33,34)/t17-,19+,20+,21-,22-,25-/m0/s1. The average Bonchev–Trinajstić information content (AvgIpc) is 2.88. The van der Waals surface area contributed by atoms with Crippen LogP contribution in [0.2, 0.25) is 0 Å². The second-order valence-corrected chi connectivity index (χ2v) is 8.54. The highest BCUT2D eigenvalue weighted by molar-refractivity contribution is 5.97. The van der Waals surface area contributed by atoms with Crippen molar-refractivity contribution in [1.29, 1.82) is 0 Å². The fourth-order valence-electron chi connectivity index (χ4n) is 3.89. The first-order valence-electron chi connectivity index (χ1n) is 11.7. The van der Waals surface area contributed by atoms with E-state index in [4.69, 9.17) is 15.2 Å². The van der Waals surface area contributed by atoms with Crippen molar-refractivity contribution >= 4 is 11.9 Å². The molecule has 11 nitrogen and oxygen atoms in total. The number of amides is 1. The summed E-state index contributed by atoms with van der Waals surface area (Å²) in [7, 11) is 0. The Hall–Kier alpha value is -3.06. The van der Waals surface area contributed by atoms with Gasteiger partial charge in [-0.05, 0) is 49.6 Å². The number of ether oxygens (including phenoxy) is 2. The van der Waals surface area contributed by atoms with E-state index >= 15 is 0 Å². The molecule has 1 amide bonds. The number of aliphatic hydroxyl groups excluding tert-OH is 4. The van der Waals surface area contributed by atoms with Gasteiger partial charge in [-0.25, -0.2) is 4.79 Å². The van der Waals surface area contributed by atoms with Crippen molar-refractivity contribution in [3.05, 3.63) is 54.1 Å². The summed E-state index contributed by atoms with van der Waals surface area (Å²) in [5, 5.41) is 51.6. The number of carboxylic acids is 1. The lowest BCUT2D eigenvalue weighted by atomic mass is 9.99. The van der Waals surface area contributed by atoms with E-state index in [0.29, 0.717) is 36.3 Å². The number of unbranched alkanes of at least 4 members (excludes halogenated alkanes) is 1. The zero-order chi connectivity index (χ0) is 26.2. The Labute approximate surface area is 208 Å². The molecule has 6 atom stereocenters. The van der Waals surface area contributed by atoms with Crippen molar-refractivity contribution in [2.45, 2.75) is 56.0 Å². The van der Waals surface area contributed by atoms with Gasteiger partial charge in [0.05, 0.1) is 6.61 Å². The second-order valence-electron chi connectivity index (χ2n) is 8.54. The Morgan fingerprint density at radius 3 is 2.33 bits per heavy atom. The van der Waals surface area contributed by atoms with Gasteiger partial charge in [-0.1, -0.05) is 30.3 Å². The number of hydrogen-bond acceptors (Lipinski definition) is 9. The molecule has 2 aromatic carbocycles. The Balaban J connectivity index is 1.74. The Kier molecular flexibility index (Phi) is 9.76. The van der Waals surface area contributed by atoms with Gasteiger partial charge in [0, 0.05) is 11.1 Å². The SMILES string of the molecule is NCCCC[C@H](NC(=O)c1ccc(-c2ccccc2O[C@H]2O[C@H](CO)[C@@H](O)[C@H](O)[C@@H]2O)cc1)C(=O)O. The van der Waals surface area contributed by atoms with Crippen LogP contribution in [0.4, 0.5) is 0 Å². The summed E-state index contributed by atoms with van der Waals surface area (Å²) in [6, 6.07) is 12.2. The lowest BCUT2D eigenvalue weighted by Gasteiger charge is -2.39. The molecule has 0 spiro atoms. The van der Waals surface area contributed by atoms with Crippen LogP contribution in [0.1, 0.15) is 29.6 Å². The van der Waals surface area contributed by atoms with Crippen LogP contribution in [0.3, 0.4) is 0 Å². The van der Waals surface area contributed by atoms with Gasteiger partial charge in [0.25, 0.3) is 5.91 Å². The lowest BCUT2D eigenvalue weighted by molar-refractivity contribution is -0.277. The number of aliphatic hydroxyl groups is 4. The highest BCUT2D eigenvalue weighted by Crippen LogP contribution is 2.33. The first-order valence-corrected chi connectivity index (χ1v) is 11.7. The highest BCUT2D eigenvalue weighted by Gasteiger charge is 2.44. The first kappa shape index (κ1) is 27.5. The monoisotopic (exact) mass is 504 g/mol. The normalized spacial score (nSPS) is 24.6. The molecule has 0 radical (unpaired) electrons. The summed E-state index contributed by atoms with van der Waals surface area (Å²) < 4.78 is 11.2. The summed E-state index contributed by atoms with van der Waals surface area (Å²) in [5.74, 6) is -1.34. The smallest absolute Gasteiger partial charge is 0.326 e. The van der Waals surface area contributed by atoms with E-state index in [1.54, 1.807) is 48.5 Å². The predicted molar refractivity (Wildman–Crippen MR) is 128 cm³/mol. The van der Waals surface area contributed by atoms with Crippen molar-refractivity contribution in [2.24, 2.45) is 5.73 Å². The molecular formula is C25H32N2O9. The van der Waals surface area contributed by atoms with E-state index < -0.39 is 55.2 Å². The predicted octanol–water partition coefficient (Wildman–Crippen LogP) is -0.156. The van der Waals surface area contributed by atoms with Crippen LogP contribution < -0.4 is 15.8 Å². The minimum Gasteiger partial charge on any atom is -0.480 e. The van der Waals surface area contributed by atoms with Gasteiger partial charge in [-0.2, -0.15) is 0 Å². The molecule has 0 unspecified atom stereocenters. The third-order valence-electron chi connectivity index (χ3n) is 5.99. The molecule has 36 heavy (non-hydrogen) atoms. The fourth-order valence-corrected chi connectivity index (χ4v) is 3.89. The number of nitrogens with one attached hydrogen (secondary N) is 1. The van der Waals surface area contributed by atoms with Crippen LogP contribution in [0.5, 0.6) is 5.75 Å². The molecule has 2 aromatic rings. The molecule has 1 aliphatic heterocycles. The number of benzene rings is 2. The van der Waals surface area contributed by atoms with E-state index in [9.17, 15) is 35.1 Å². The maximum absolute atomic E-state index is 12.6. The number of carbonyl (C=O) groups is 2. The molecule has 0 saturated carbocycles. The molecule has 0 bridgehead atoms.